The van der Waals surface area contributed by atoms with Crippen LogP contribution < -0.4 is 5.73 Å². The molecule has 1 atom stereocenters. The van der Waals surface area contributed by atoms with E-state index in [-0.39, 0.29) is 6.04 Å². The molecule has 0 aliphatic rings. The summed E-state index contributed by atoms with van der Waals surface area (Å²) < 4.78 is 1.23. The highest BCUT2D eigenvalue weighted by molar-refractivity contribution is 14.1. The molecule has 0 bridgehead atoms. The van der Waals surface area contributed by atoms with Crippen molar-refractivity contribution in [1.82, 2.24) is 0 Å². The van der Waals surface area contributed by atoms with Crippen molar-refractivity contribution in [1.29, 1.82) is 0 Å². The molecule has 2 N–H and O–H groups in total. The number of halogens is 2. The Morgan fingerprint density at radius 1 is 1.12 bits per heavy atom. The molecule has 0 saturated heterocycles. The SMILES string of the molecule is Cc1cccc(C(N)c2ccc(Cl)cc2)c1I. The Morgan fingerprint density at radius 2 is 1.76 bits per heavy atom. The fourth-order valence-corrected chi connectivity index (χ4v) is 2.58. The summed E-state index contributed by atoms with van der Waals surface area (Å²) in [6.45, 7) is 2.10. The van der Waals surface area contributed by atoms with Crippen LogP contribution in [-0.4, -0.2) is 0 Å². The molecule has 0 heterocycles. The number of hydrogen-bond donors (Lipinski definition) is 1. The van der Waals surface area contributed by atoms with E-state index >= 15 is 0 Å². The minimum absolute atomic E-state index is 0.0981. The van der Waals surface area contributed by atoms with Gasteiger partial charge in [0, 0.05) is 8.59 Å². The zero-order valence-electron chi connectivity index (χ0n) is 9.45. The van der Waals surface area contributed by atoms with Crippen molar-refractivity contribution >= 4 is 34.2 Å². The van der Waals surface area contributed by atoms with Gasteiger partial charge in [0.15, 0.2) is 0 Å². The minimum atomic E-state index is -0.0981. The summed E-state index contributed by atoms with van der Waals surface area (Å²) >= 11 is 8.22. The van der Waals surface area contributed by atoms with Crippen LogP contribution in [0, 0.1) is 10.5 Å². The van der Waals surface area contributed by atoms with Gasteiger partial charge in [0.2, 0.25) is 0 Å². The van der Waals surface area contributed by atoms with Crippen molar-refractivity contribution in [2.45, 2.75) is 13.0 Å². The van der Waals surface area contributed by atoms with Crippen LogP contribution in [0.5, 0.6) is 0 Å². The molecule has 0 amide bonds. The Morgan fingerprint density at radius 3 is 2.41 bits per heavy atom. The quantitative estimate of drug-likeness (QED) is 0.797. The van der Waals surface area contributed by atoms with Gasteiger partial charge in [-0.25, -0.2) is 0 Å². The third-order valence-electron chi connectivity index (χ3n) is 2.79. The summed E-state index contributed by atoms with van der Waals surface area (Å²) in [7, 11) is 0. The highest BCUT2D eigenvalue weighted by Gasteiger charge is 2.12. The van der Waals surface area contributed by atoms with Gasteiger partial charge in [0.1, 0.15) is 0 Å². The second-order valence-electron chi connectivity index (χ2n) is 4.01. The first kappa shape index (κ1) is 12.9. The number of benzene rings is 2. The maximum Gasteiger partial charge on any atom is 0.0562 e. The average Bonchev–Trinajstić information content (AvgIpc) is 2.33. The number of aryl methyl sites for hydroxylation is 1. The summed E-state index contributed by atoms with van der Waals surface area (Å²) in [6, 6.07) is 13.8. The molecular weight excluding hydrogens is 345 g/mol. The van der Waals surface area contributed by atoms with Crippen LogP contribution in [0.1, 0.15) is 22.7 Å². The second kappa shape index (κ2) is 5.38. The predicted octanol–water partition coefficient (Wildman–Crippen LogP) is 4.30. The van der Waals surface area contributed by atoms with Crippen LogP contribution in [-0.2, 0) is 0 Å². The first-order chi connectivity index (χ1) is 8.09. The molecule has 0 spiro atoms. The molecule has 2 rings (SSSR count). The molecule has 0 saturated carbocycles. The average molecular weight is 358 g/mol. The molecule has 0 aliphatic heterocycles. The summed E-state index contributed by atoms with van der Waals surface area (Å²) in [5, 5.41) is 0.736. The van der Waals surface area contributed by atoms with Crippen LogP contribution in [0.15, 0.2) is 42.5 Å². The lowest BCUT2D eigenvalue weighted by atomic mass is 9.98. The van der Waals surface area contributed by atoms with Gasteiger partial charge in [-0.3, -0.25) is 0 Å². The zero-order chi connectivity index (χ0) is 12.4. The maximum absolute atomic E-state index is 6.29. The molecule has 88 valence electrons. The first-order valence-corrected chi connectivity index (χ1v) is 6.81. The van der Waals surface area contributed by atoms with Crippen molar-refractivity contribution in [2.75, 3.05) is 0 Å². The lowest BCUT2D eigenvalue weighted by Crippen LogP contribution is -2.13. The Balaban J connectivity index is 2.40. The summed E-state index contributed by atoms with van der Waals surface area (Å²) in [5.74, 6) is 0. The van der Waals surface area contributed by atoms with Gasteiger partial charge in [-0.1, -0.05) is 41.9 Å². The molecule has 1 unspecified atom stereocenters. The molecule has 0 radical (unpaired) electrons. The topological polar surface area (TPSA) is 26.0 Å². The van der Waals surface area contributed by atoms with E-state index in [4.69, 9.17) is 17.3 Å². The molecule has 17 heavy (non-hydrogen) atoms. The molecule has 1 nitrogen and oxygen atoms in total. The number of hydrogen-bond acceptors (Lipinski definition) is 1. The first-order valence-electron chi connectivity index (χ1n) is 5.35. The fraction of sp³-hybridized carbons (Fsp3) is 0.143. The maximum atomic E-state index is 6.29. The predicted molar refractivity (Wildman–Crippen MR) is 81.4 cm³/mol. The van der Waals surface area contributed by atoms with Crippen molar-refractivity contribution in [3.05, 3.63) is 67.7 Å². The Bertz CT molecular complexity index is 522. The van der Waals surface area contributed by atoms with E-state index in [0.29, 0.717) is 0 Å². The van der Waals surface area contributed by atoms with Gasteiger partial charge >= 0.3 is 0 Å². The van der Waals surface area contributed by atoms with Crippen LogP contribution in [0.3, 0.4) is 0 Å². The Kier molecular flexibility index (Phi) is 4.07. The van der Waals surface area contributed by atoms with Gasteiger partial charge in [-0.05, 0) is 58.3 Å². The van der Waals surface area contributed by atoms with Gasteiger partial charge in [-0.15, -0.1) is 0 Å². The molecule has 0 aliphatic carbocycles. The van der Waals surface area contributed by atoms with Gasteiger partial charge < -0.3 is 5.73 Å². The van der Waals surface area contributed by atoms with Crippen molar-refractivity contribution < 1.29 is 0 Å². The zero-order valence-corrected chi connectivity index (χ0v) is 12.4. The van der Waals surface area contributed by atoms with Gasteiger partial charge in [0.25, 0.3) is 0 Å². The Hall–Kier alpha value is -0.580. The molecule has 0 aromatic heterocycles. The van der Waals surface area contributed by atoms with E-state index in [2.05, 4.69) is 41.6 Å². The van der Waals surface area contributed by atoms with Crippen LogP contribution in [0.2, 0.25) is 5.02 Å². The monoisotopic (exact) mass is 357 g/mol. The molecular formula is C14H13ClIN. The molecule has 0 fully saturated rings. The second-order valence-corrected chi connectivity index (χ2v) is 5.52. The highest BCUT2D eigenvalue weighted by Crippen LogP contribution is 2.26. The smallest absolute Gasteiger partial charge is 0.0562 e. The fourth-order valence-electron chi connectivity index (χ4n) is 1.76. The molecule has 3 heteroatoms. The summed E-state index contributed by atoms with van der Waals surface area (Å²) in [5.41, 5.74) is 9.79. The van der Waals surface area contributed by atoms with Crippen LogP contribution >= 0.6 is 34.2 Å². The largest absolute Gasteiger partial charge is 0.320 e. The van der Waals surface area contributed by atoms with E-state index in [1.54, 1.807) is 0 Å². The third-order valence-corrected chi connectivity index (χ3v) is 4.51. The number of nitrogens with two attached hydrogens (primary N) is 1. The van der Waals surface area contributed by atoms with E-state index in [9.17, 15) is 0 Å². The van der Waals surface area contributed by atoms with Crippen LogP contribution in [0.25, 0.3) is 0 Å². The lowest BCUT2D eigenvalue weighted by molar-refractivity contribution is 0.863. The van der Waals surface area contributed by atoms with E-state index in [0.717, 1.165) is 16.1 Å². The minimum Gasteiger partial charge on any atom is -0.320 e. The van der Waals surface area contributed by atoms with Crippen molar-refractivity contribution in [3.8, 4) is 0 Å². The standard InChI is InChI=1S/C14H13ClIN/c1-9-3-2-4-12(13(9)16)14(17)10-5-7-11(15)8-6-10/h2-8,14H,17H2,1H3. The van der Waals surface area contributed by atoms with Gasteiger partial charge in [0.05, 0.1) is 6.04 Å². The number of rotatable bonds is 2. The van der Waals surface area contributed by atoms with Crippen molar-refractivity contribution in [2.24, 2.45) is 5.73 Å². The highest BCUT2D eigenvalue weighted by atomic mass is 127. The lowest BCUT2D eigenvalue weighted by Gasteiger charge is -2.15. The van der Waals surface area contributed by atoms with E-state index in [1.807, 2.05) is 30.3 Å². The molecule has 2 aromatic rings. The van der Waals surface area contributed by atoms with Crippen molar-refractivity contribution in [3.63, 3.8) is 0 Å². The Labute approximate surface area is 120 Å². The normalized spacial score (nSPS) is 12.5. The van der Waals surface area contributed by atoms with Gasteiger partial charge in [-0.2, -0.15) is 0 Å². The third kappa shape index (κ3) is 2.81. The molecule has 2 aromatic carbocycles. The van der Waals surface area contributed by atoms with Crippen LogP contribution in [0.4, 0.5) is 0 Å². The summed E-state index contributed by atoms with van der Waals surface area (Å²) in [6.07, 6.45) is 0. The summed E-state index contributed by atoms with van der Waals surface area (Å²) in [4.78, 5) is 0. The van der Waals surface area contributed by atoms with E-state index < -0.39 is 0 Å². The van der Waals surface area contributed by atoms with E-state index in [1.165, 1.54) is 9.13 Å².